The summed E-state index contributed by atoms with van der Waals surface area (Å²) < 4.78 is 1.44. The quantitative estimate of drug-likeness (QED) is 0.606. The Hall–Kier alpha value is -3.66. The number of amides is 2. The Balaban J connectivity index is 1.49. The maximum Gasteiger partial charge on any atom is 0.270 e. The molecular formula is C23H28N8O2. The second-order valence-corrected chi connectivity index (χ2v) is 8.40. The highest BCUT2D eigenvalue weighted by atomic mass is 16.2. The van der Waals surface area contributed by atoms with Gasteiger partial charge in [0, 0.05) is 45.7 Å². The highest BCUT2D eigenvalue weighted by molar-refractivity contribution is 5.94. The van der Waals surface area contributed by atoms with Crippen LogP contribution in [0.1, 0.15) is 29.9 Å². The van der Waals surface area contributed by atoms with Crippen LogP contribution in [0.5, 0.6) is 0 Å². The number of hydrogen-bond donors (Lipinski definition) is 1. The number of aromatic nitrogens is 5. The number of nitrogens with zero attached hydrogens (tertiary/aromatic N) is 7. The molecule has 1 atom stereocenters. The molecule has 33 heavy (non-hydrogen) atoms. The number of pyridine rings is 1. The zero-order valence-electron chi connectivity index (χ0n) is 19.1. The molecule has 1 N–H and O–H groups in total. The fourth-order valence-corrected chi connectivity index (χ4v) is 3.90. The van der Waals surface area contributed by atoms with E-state index in [1.165, 1.54) is 11.0 Å². The van der Waals surface area contributed by atoms with Gasteiger partial charge in [-0.05, 0) is 47.5 Å². The van der Waals surface area contributed by atoms with Gasteiger partial charge in [-0.1, -0.05) is 29.8 Å². The van der Waals surface area contributed by atoms with Crippen molar-refractivity contribution >= 4 is 11.8 Å². The molecule has 3 aromatic rings. The van der Waals surface area contributed by atoms with E-state index in [4.69, 9.17) is 0 Å². The summed E-state index contributed by atoms with van der Waals surface area (Å²) in [6.07, 6.45) is 1.45. The first-order valence-corrected chi connectivity index (χ1v) is 11.0. The largest absolute Gasteiger partial charge is 0.347 e. The maximum absolute atomic E-state index is 13.1. The molecule has 4 rings (SSSR count). The van der Waals surface area contributed by atoms with Crippen LogP contribution < -0.4 is 5.32 Å². The van der Waals surface area contributed by atoms with Crippen molar-refractivity contribution in [2.45, 2.75) is 26.8 Å². The lowest BCUT2D eigenvalue weighted by Gasteiger charge is -2.35. The molecule has 1 aromatic carbocycles. The smallest absolute Gasteiger partial charge is 0.270 e. The van der Waals surface area contributed by atoms with Gasteiger partial charge in [-0.25, -0.2) is 4.98 Å². The third-order valence-electron chi connectivity index (χ3n) is 5.74. The summed E-state index contributed by atoms with van der Waals surface area (Å²) in [4.78, 5) is 33.2. The molecule has 0 spiro atoms. The molecule has 0 bridgehead atoms. The van der Waals surface area contributed by atoms with Crippen molar-refractivity contribution in [3.8, 4) is 16.9 Å². The van der Waals surface area contributed by atoms with Crippen molar-refractivity contribution in [1.29, 1.82) is 0 Å². The van der Waals surface area contributed by atoms with Crippen molar-refractivity contribution in [3.63, 3.8) is 0 Å². The Morgan fingerprint density at radius 2 is 1.79 bits per heavy atom. The minimum absolute atomic E-state index is 0.0808. The van der Waals surface area contributed by atoms with Gasteiger partial charge in [0.25, 0.3) is 5.91 Å². The van der Waals surface area contributed by atoms with Crippen LogP contribution in [-0.2, 0) is 4.79 Å². The summed E-state index contributed by atoms with van der Waals surface area (Å²) >= 11 is 0. The molecule has 0 radical (unpaired) electrons. The summed E-state index contributed by atoms with van der Waals surface area (Å²) in [5.41, 5.74) is 3.28. The summed E-state index contributed by atoms with van der Waals surface area (Å²) in [5.74, 6) is 0.318. The van der Waals surface area contributed by atoms with Crippen molar-refractivity contribution in [1.82, 2.24) is 40.3 Å². The number of aryl methyl sites for hydroxylation is 1. The molecule has 0 saturated carbocycles. The number of hydrogen-bond acceptors (Lipinski definition) is 7. The van der Waals surface area contributed by atoms with Gasteiger partial charge in [0.15, 0.2) is 5.82 Å². The summed E-state index contributed by atoms with van der Waals surface area (Å²) in [5, 5.41) is 14.3. The molecule has 2 aromatic heterocycles. The lowest BCUT2D eigenvalue weighted by Crippen LogP contribution is -2.51. The Labute approximate surface area is 192 Å². The van der Waals surface area contributed by atoms with Crippen LogP contribution in [0, 0.1) is 6.92 Å². The number of rotatable bonds is 6. The van der Waals surface area contributed by atoms with Crippen LogP contribution in [0.4, 0.5) is 0 Å². The normalized spacial score (nSPS) is 15.3. The second-order valence-electron chi connectivity index (χ2n) is 8.40. The van der Waals surface area contributed by atoms with E-state index in [2.05, 4.69) is 30.7 Å². The minimum Gasteiger partial charge on any atom is -0.347 e. The highest BCUT2D eigenvalue weighted by Crippen LogP contribution is 2.23. The van der Waals surface area contributed by atoms with E-state index >= 15 is 0 Å². The van der Waals surface area contributed by atoms with Crippen molar-refractivity contribution in [2.75, 3.05) is 32.7 Å². The number of piperazine rings is 1. The first-order valence-electron chi connectivity index (χ1n) is 11.0. The summed E-state index contributed by atoms with van der Waals surface area (Å²) in [7, 11) is 0. The molecule has 172 valence electrons. The van der Waals surface area contributed by atoms with Crippen LogP contribution in [0.25, 0.3) is 16.9 Å². The Morgan fingerprint density at radius 1 is 1.06 bits per heavy atom. The fourth-order valence-electron chi connectivity index (χ4n) is 3.90. The zero-order chi connectivity index (χ0) is 23.4. The van der Waals surface area contributed by atoms with E-state index in [-0.39, 0.29) is 17.9 Å². The van der Waals surface area contributed by atoms with Gasteiger partial charge in [0.1, 0.15) is 12.0 Å². The van der Waals surface area contributed by atoms with E-state index in [0.717, 1.165) is 29.8 Å². The Kier molecular flexibility index (Phi) is 6.74. The first kappa shape index (κ1) is 22.5. The van der Waals surface area contributed by atoms with Gasteiger partial charge in [-0.15, -0.1) is 5.10 Å². The molecule has 1 aliphatic rings. The Morgan fingerprint density at radius 3 is 2.42 bits per heavy atom. The van der Waals surface area contributed by atoms with Gasteiger partial charge in [-0.3, -0.25) is 14.5 Å². The van der Waals surface area contributed by atoms with Crippen LogP contribution in [0.2, 0.25) is 0 Å². The monoisotopic (exact) mass is 448 g/mol. The molecule has 0 aliphatic carbocycles. The van der Waals surface area contributed by atoms with Gasteiger partial charge >= 0.3 is 0 Å². The lowest BCUT2D eigenvalue weighted by molar-refractivity contribution is -0.130. The highest BCUT2D eigenvalue weighted by Gasteiger charge is 2.21. The molecule has 1 fully saturated rings. The molecule has 10 heteroatoms. The van der Waals surface area contributed by atoms with E-state index in [0.29, 0.717) is 31.1 Å². The average molecular weight is 449 g/mol. The predicted molar refractivity (Wildman–Crippen MR) is 123 cm³/mol. The molecular weight excluding hydrogens is 420 g/mol. The molecule has 1 aliphatic heterocycles. The Bertz CT molecular complexity index is 1110. The van der Waals surface area contributed by atoms with E-state index in [1.54, 1.807) is 13.0 Å². The fraction of sp³-hybridized carbons (Fsp3) is 0.391. The van der Waals surface area contributed by atoms with Crippen molar-refractivity contribution < 1.29 is 9.59 Å². The van der Waals surface area contributed by atoms with Crippen LogP contribution in [-0.4, -0.2) is 85.6 Å². The van der Waals surface area contributed by atoms with Crippen LogP contribution in [0.3, 0.4) is 0 Å². The van der Waals surface area contributed by atoms with Gasteiger partial charge in [0.2, 0.25) is 5.91 Å². The number of tetrazole rings is 1. The number of benzene rings is 1. The standard InChI is InChI=1S/C23H28N8O2/c1-16-4-6-19(7-5-16)20-12-21(26-22(13-20)31-15-24-27-28-31)23(33)25-17(2)14-29-8-10-30(11-9-29)18(3)32/h4-7,12-13,15,17H,8-11,14H2,1-3H3,(H,25,33)/t17-/m1/s1. The van der Waals surface area contributed by atoms with Gasteiger partial charge < -0.3 is 10.2 Å². The summed E-state index contributed by atoms with van der Waals surface area (Å²) in [6.45, 7) is 9.32. The van der Waals surface area contributed by atoms with Crippen LogP contribution in [0.15, 0.2) is 42.7 Å². The van der Waals surface area contributed by atoms with Crippen molar-refractivity contribution in [3.05, 3.63) is 54.0 Å². The average Bonchev–Trinajstić information content (AvgIpc) is 3.34. The van der Waals surface area contributed by atoms with E-state index < -0.39 is 0 Å². The van der Waals surface area contributed by atoms with Crippen molar-refractivity contribution in [2.24, 2.45) is 0 Å². The molecule has 10 nitrogen and oxygen atoms in total. The topological polar surface area (TPSA) is 109 Å². The van der Waals surface area contributed by atoms with Gasteiger partial charge in [-0.2, -0.15) is 4.68 Å². The molecule has 3 heterocycles. The zero-order valence-corrected chi connectivity index (χ0v) is 19.1. The maximum atomic E-state index is 13.1. The lowest BCUT2D eigenvalue weighted by atomic mass is 10.0. The SMILES string of the molecule is CC(=O)N1CCN(C[C@@H](C)NC(=O)c2cc(-c3ccc(C)cc3)cc(-n3cnnn3)n2)CC1. The number of nitrogens with one attached hydrogen (secondary N) is 1. The summed E-state index contributed by atoms with van der Waals surface area (Å²) in [6, 6.07) is 11.6. The van der Waals surface area contributed by atoms with Crippen LogP contribution >= 0.6 is 0 Å². The molecule has 0 unspecified atom stereocenters. The number of carbonyl (C=O) groups excluding carboxylic acids is 2. The predicted octanol–water partition coefficient (Wildman–Crippen LogP) is 1.32. The third-order valence-corrected chi connectivity index (χ3v) is 5.74. The number of carbonyl (C=O) groups is 2. The van der Waals surface area contributed by atoms with E-state index in [9.17, 15) is 9.59 Å². The minimum atomic E-state index is -0.256. The molecule has 2 amide bonds. The molecule has 1 saturated heterocycles. The van der Waals surface area contributed by atoms with E-state index in [1.807, 2.05) is 49.1 Å². The third kappa shape index (κ3) is 5.58. The first-order chi connectivity index (χ1) is 15.9. The van der Waals surface area contributed by atoms with Gasteiger partial charge in [0.05, 0.1) is 0 Å². The second kappa shape index (κ2) is 9.86.